The highest BCUT2D eigenvalue weighted by molar-refractivity contribution is 8.01. The van der Waals surface area contributed by atoms with Crippen LogP contribution in [0, 0.1) is 6.92 Å². The quantitative estimate of drug-likeness (QED) is 0.862. The van der Waals surface area contributed by atoms with Gasteiger partial charge in [0.05, 0.1) is 4.87 Å². The number of amides is 2. The molecule has 0 saturated carbocycles. The zero-order valence-electron chi connectivity index (χ0n) is 15.4. The monoisotopic (exact) mass is 382 g/mol. The highest BCUT2D eigenvalue weighted by atomic mass is 32.2. The summed E-state index contributed by atoms with van der Waals surface area (Å²) in [7, 11) is 0. The predicted molar refractivity (Wildman–Crippen MR) is 107 cm³/mol. The van der Waals surface area contributed by atoms with Gasteiger partial charge in [0.1, 0.15) is 17.5 Å². The molecule has 0 bridgehead atoms. The molecule has 2 aromatic rings. The van der Waals surface area contributed by atoms with Crippen LogP contribution < -0.4 is 10.1 Å². The van der Waals surface area contributed by atoms with Gasteiger partial charge in [-0.1, -0.05) is 12.1 Å². The molecule has 4 rings (SSSR count). The van der Waals surface area contributed by atoms with E-state index in [0.717, 1.165) is 17.7 Å². The number of aryl methyl sites for hydroxylation is 1. The largest absolute Gasteiger partial charge is 0.457 e. The van der Waals surface area contributed by atoms with Crippen LogP contribution in [0.15, 0.2) is 48.5 Å². The van der Waals surface area contributed by atoms with E-state index in [1.54, 1.807) is 16.7 Å². The molecule has 2 aromatic carbocycles. The minimum absolute atomic E-state index is 0.0737. The van der Waals surface area contributed by atoms with E-state index in [0.29, 0.717) is 23.6 Å². The molecule has 0 aromatic heterocycles. The molecule has 2 saturated heterocycles. The van der Waals surface area contributed by atoms with Crippen molar-refractivity contribution in [3.63, 3.8) is 0 Å². The van der Waals surface area contributed by atoms with Crippen molar-refractivity contribution in [2.75, 3.05) is 11.1 Å². The van der Waals surface area contributed by atoms with Crippen LogP contribution in [-0.4, -0.2) is 33.4 Å². The number of nitrogens with one attached hydrogen (secondary N) is 1. The van der Waals surface area contributed by atoms with Crippen molar-refractivity contribution in [1.82, 2.24) is 4.90 Å². The fraction of sp³-hybridized carbons (Fsp3) is 0.333. The van der Waals surface area contributed by atoms with Gasteiger partial charge < -0.3 is 15.0 Å². The number of carbonyl (C=O) groups excluding carboxylic acids is 2. The zero-order valence-corrected chi connectivity index (χ0v) is 16.2. The van der Waals surface area contributed by atoms with E-state index in [-0.39, 0.29) is 16.7 Å². The minimum Gasteiger partial charge on any atom is -0.457 e. The summed E-state index contributed by atoms with van der Waals surface area (Å²) in [5.74, 6) is 2.07. The van der Waals surface area contributed by atoms with Gasteiger partial charge in [-0.2, -0.15) is 0 Å². The summed E-state index contributed by atoms with van der Waals surface area (Å²) in [6.07, 6.45) is 1.34. The van der Waals surface area contributed by atoms with Gasteiger partial charge in [-0.25, -0.2) is 0 Å². The summed E-state index contributed by atoms with van der Waals surface area (Å²) >= 11 is 1.70. The topological polar surface area (TPSA) is 58.6 Å². The van der Waals surface area contributed by atoms with Crippen molar-refractivity contribution in [1.29, 1.82) is 0 Å². The second kappa shape index (κ2) is 6.93. The third kappa shape index (κ3) is 3.54. The van der Waals surface area contributed by atoms with Crippen molar-refractivity contribution < 1.29 is 14.3 Å². The van der Waals surface area contributed by atoms with Crippen LogP contribution in [0.5, 0.6) is 11.5 Å². The van der Waals surface area contributed by atoms with Gasteiger partial charge >= 0.3 is 0 Å². The maximum atomic E-state index is 12.7. The molecule has 2 heterocycles. The van der Waals surface area contributed by atoms with Crippen LogP contribution in [0.25, 0.3) is 0 Å². The van der Waals surface area contributed by atoms with E-state index in [2.05, 4.69) is 5.32 Å². The van der Waals surface area contributed by atoms with Crippen LogP contribution in [-0.2, 0) is 9.59 Å². The highest BCUT2D eigenvalue weighted by Crippen LogP contribution is 2.47. The average molecular weight is 382 g/mol. The molecule has 6 heteroatoms. The molecule has 0 radical (unpaired) electrons. The molecule has 2 amide bonds. The van der Waals surface area contributed by atoms with Crippen molar-refractivity contribution in [3.05, 3.63) is 54.1 Å². The summed E-state index contributed by atoms with van der Waals surface area (Å²) in [4.78, 5) is 26.4. The lowest BCUT2D eigenvalue weighted by Gasteiger charge is -2.29. The maximum absolute atomic E-state index is 12.7. The van der Waals surface area contributed by atoms with E-state index in [9.17, 15) is 9.59 Å². The van der Waals surface area contributed by atoms with Gasteiger partial charge in [-0.05, 0) is 62.2 Å². The number of hydrogen-bond donors (Lipinski definition) is 1. The number of carbonyl (C=O) groups is 2. The standard InChI is InChI=1S/C21H22N2O3S/c1-14-4-3-5-17(12-14)26-16-8-6-15(7-9-16)22-20(25)18-13-27-21(2)11-10-19(24)23(18)21/h3-9,12,18H,10-11,13H2,1-2H3,(H,22,25). The molecule has 0 aliphatic carbocycles. The van der Waals surface area contributed by atoms with Crippen LogP contribution in [0.4, 0.5) is 5.69 Å². The number of nitrogens with zero attached hydrogens (tertiary/aromatic N) is 1. The van der Waals surface area contributed by atoms with Gasteiger partial charge in [0, 0.05) is 17.9 Å². The lowest BCUT2D eigenvalue weighted by Crippen LogP contribution is -2.48. The van der Waals surface area contributed by atoms with Crippen molar-refractivity contribution >= 4 is 29.3 Å². The lowest BCUT2D eigenvalue weighted by molar-refractivity contribution is -0.135. The molecule has 2 atom stereocenters. The van der Waals surface area contributed by atoms with Gasteiger partial charge in [0.25, 0.3) is 0 Å². The summed E-state index contributed by atoms with van der Waals surface area (Å²) in [5, 5.41) is 2.93. The first-order valence-electron chi connectivity index (χ1n) is 9.06. The van der Waals surface area contributed by atoms with E-state index < -0.39 is 6.04 Å². The first-order valence-corrected chi connectivity index (χ1v) is 10.0. The first kappa shape index (κ1) is 17.9. The molecular weight excluding hydrogens is 360 g/mol. The van der Waals surface area contributed by atoms with Gasteiger partial charge in [-0.3, -0.25) is 9.59 Å². The number of rotatable bonds is 4. The van der Waals surface area contributed by atoms with Gasteiger partial charge in [-0.15, -0.1) is 11.8 Å². The Bertz CT molecular complexity index is 883. The minimum atomic E-state index is -0.404. The summed E-state index contributed by atoms with van der Waals surface area (Å²) in [6.45, 7) is 4.07. The second-order valence-electron chi connectivity index (χ2n) is 7.20. The molecule has 0 spiro atoms. The molecule has 2 fully saturated rings. The molecular formula is C21H22N2O3S. The molecule has 2 aliphatic rings. The Morgan fingerprint density at radius 3 is 2.74 bits per heavy atom. The Hall–Kier alpha value is -2.47. The lowest BCUT2D eigenvalue weighted by atomic mass is 10.2. The predicted octanol–water partition coefficient (Wildman–Crippen LogP) is 4.18. The number of thioether (sulfide) groups is 1. The highest BCUT2D eigenvalue weighted by Gasteiger charge is 2.52. The van der Waals surface area contributed by atoms with Gasteiger partial charge in [0.2, 0.25) is 11.8 Å². The van der Waals surface area contributed by atoms with E-state index in [1.807, 2.05) is 62.4 Å². The molecule has 5 nitrogen and oxygen atoms in total. The number of anilines is 1. The normalized spacial score (nSPS) is 24.0. The maximum Gasteiger partial charge on any atom is 0.248 e. The molecule has 27 heavy (non-hydrogen) atoms. The Kier molecular flexibility index (Phi) is 4.60. The average Bonchev–Trinajstić information content (AvgIpc) is 3.13. The fourth-order valence-corrected chi connectivity index (χ4v) is 5.09. The zero-order chi connectivity index (χ0) is 19.0. The second-order valence-corrected chi connectivity index (χ2v) is 8.70. The van der Waals surface area contributed by atoms with E-state index in [4.69, 9.17) is 4.74 Å². The Morgan fingerprint density at radius 2 is 2.00 bits per heavy atom. The number of fused-ring (bicyclic) bond motifs is 1. The molecule has 140 valence electrons. The molecule has 1 N–H and O–H groups in total. The first-order chi connectivity index (χ1) is 12.9. The molecule has 2 aliphatic heterocycles. The fourth-order valence-electron chi connectivity index (χ4n) is 3.66. The SMILES string of the molecule is Cc1cccc(Oc2ccc(NC(=O)C3CSC4(C)CCC(=O)N34)cc2)c1. The summed E-state index contributed by atoms with van der Waals surface area (Å²) < 4.78 is 5.83. The summed E-state index contributed by atoms with van der Waals surface area (Å²) in [6, 6.07) is 14.7. The number of hydrogen-bond acceptors (Lipinski definition) is 4. The van der Waals surface area contributed by atoms with Crippen LogP contribution in [0.3, 0.4) is 0 Å². The third-order valence-electron chi connectivity index (χ3n) is 5.09. The Morgan fingerprint density at radius 1 is 1.22 bits per heavy atom. The van der Waals surface area contributed by atoms with Crippen molar-refractivity contribution in [3.8, 4) is 11.5 Å². The van der Waals surface area contributed by atoms with E-state index >= 15 is 0 Å². The smallest absolute Gasteiger partial charge is 0.248 e. The summed E-state index contributed by atoms with van der Waals surface area (Å²) in [5.41, 5.74) is 1.83. The Labute approximate surface area is 163 Å². The van der Waals surface area contributed by atoms with Gasteiger partial charge in [0.15, 0.2) is 0 Å². The number of ether oxygens (including phenoxy) is 1. The third-order valence-corrected chi connectivity index (χ3v) is 6.60. The van der Waals surface area contributed by atoms with Crippen LogP contribution >= 0.6 is 11.8 Å². The van der Waals surface area contributed by atoms with Crippen LogP contribution in [0.1, 0.15) is 25.3 Å². The number of benzene rings is 2. The van der Waals surface area contributed by atoms with Crippen LogP contribution in [0.2, 0.25) is 0 Å². The Balaban J connectivity index is 1.41. The van der Waals surface area contributed by atoms with E-state index in [1.165, 1.54) is 0 Å². The molecule has 2 unspecified atom stereocenters. The van der Waals surface area contributed by atoms with Crippen molar-refractivity contribution in [2.45, 2.75) is 37.6 Å². The van der Waals surface area contributed by atoms with Crippen molar-refractivity contribution in [2.24, 2.45) is 0 Å².